The van der Waals surface area contributed by atoms with Crippen LogP contribution in [0.4, 0.5) is 0 Å². The average Bonchev–Trinajstić information content (AvgIpc) is 2.92. The highest BCUT2D eigenvalue weighted by molar-refractivity contribution is 7.09. The lowest BCUT2D eigenvalue weighted by Crippen LogP contribution is -2.55. The van der Waals surface area contributed by atoms with E-state index in [1.807, 2.05) is 0 Å². The maximum atomic E-state index is 9.71. The summed E-state index contributed by atoms with van der Waals surface area (Å²) >= 11 is 1.77. The molecule has 1 aliphatic rings. The molecule has 0 radical (unpaired) electrons. The largest absolute Gasteiger partial charge is 0.394 e. The number of piperidine rings is 1. The number of aliphatic hydroxyl groups excluding tert-OH is 1. The summed E-state index contributed by atoms with van der Waals surface area (Å²) in [6, 6.07) is 4.23. The van der Waals surface area contributed by atoms with E-state index in [1.165, 1.54) is 17.8 Å². The number of rotatable bonds is 6. The van der Waals surface area contributed by atoms with Gasteiger partial charge in [-0.1, -0.05) is 13.0 Å². The molecular weight excluding hydrogens is 244 g/mol. The fourth-order valence-corrected chi connectivity index (χ4v) is 3.24. The summed E-state index contributed by atoms with van der Waals surface area (Å²) in [5.74, 6) is 0. The van der Waals surface area contributed by atoms with Crippen LogP contribution in [0.2, 0.25) is 0 Å². The summed E-state index contributed by atoms with van der Waals surface area (Å²) in [6.07, 6.45) is 3.32. The van der Waals surface area contributed by atoms with Crippen LogP contribution in [0.5, 0.6) is 0 Å². The first kappa shape index (κ1) is 14.0. The number of nitrogens with one attached hydrogen (secondary N) is 1. The Bertz CT molecular complexity index is 332. The van der Waals surface area contributed by atoms with E-state index in [0.29, 0.717) is 0 Å². The van der Waals surface area contributed by atoms with E-state index in [9.17, 15) is 5.11 Å². The summed E-state index contributed by atoms with van der Waals surface area (Å²) in [5, 5.41) is 15.4. The maximum Gasteiger partial charge on any atom is 0.0614 e. The van der Waals surface area contributed by atoms with E-state index in [1.54, 1.807) is 11.3 Å². The third kappa shape index (κ3) is 3.54. The maximum absolute atomic E-state index is 9.71. The van der Waals surface area contributed by atoms with Crippen LogP contribution in [-0.4, -0.2) is 41.8 Å². The molecule has 2 rings (SSSR count). The van der Waals surface area contributed by atoms with Gasteiger partial charge in [0.15, 0.2) is 0 Å². The van der Waals surface area contributed by atoms with Crippen molar-refractivity contribution in [3.8, 4) is 0 Å². The molecule has 0 spiro atoms. The lowest BCUT2D eigenvalue weighted by molar-refractivity contribution is 0.0776. The first-order valence-corrected chi connectivity index (χ1v) is 7.76. The van der Waals surface area contributed by atoms with Gasteiger partial charge in [-0.2, -0.15) is 0 Å². The Labute approximate surface area is 114 Å². The third-order valence-corrected chi connectivity index (χ3v) is 4.75. The van der Waals surface area contributed by atoms with E-state index in [2.05, 4.69) is 34.7 Å². The van der Waals surface area contributed by atoms with Crippen LogP contribution in [0.3, 0.4) is 0 Å². The van der Waals surface area contributed by atoms with Gasteiger partial charge in [0.25, 0.3) is 0 Å². The summed E-state index contributed by atoms with van der Waals surface area (Å²) < 4.78 is 0. The quantitative estimate of drug-likeness (QED) is 0.829. The second-order valence-electron chi connectivity index (χ2n) is 5.21. The molecule has 0 aliphatic carbocycles. The predicted octanol–water partition coefficient (Wildman–Crippen LogP) is 2.07. The number of hydrogen-bond acceptors (Lipinski definition) is 4. The zero-order valence-corrected chi connectivity index (χ0v) is 12.0. The Hall–Kier alpha value is -0.420. The molecule has 1 aromatic heterocycles. The molecule has 1 aliphatic heterocycles. The Balaban J connectivity index is 1.84. The van der Waals surface area contributed by atoms with Crippen molar-refractivity contribution in [2.24, 2.45) is 0 Å². The molecule has 0 saturated carbocycles. The number of thiophene rings is 1. The first-order chi connectivity index (χ1) is 8.78. The molecule has 0 amide bonds. The lowest BCUT2D eigenvalue weighted by Gasteiger charge is -2.41. The van der Waals surface area contributed by atoms with Gasteiger partial charge in [0.1, 0.15) is 0 Å². The van der Waals surface area contributed by atoms with Gasteiger partial charge in [0, 0.05) is 17.0 Å². The van der Waals surface area contributed by atoms with Gasteiger partial charge >= 0.3 is 0 Å². The van der Waals surface area contributed by atoms with Crippen LogP contribution in [0.25, 0.3) is 0 Å². The molecule has 0 bridgehead atoms. The molecule has 1 aromatic rings. The summed E-state index contributed by atoms with van der Waals surface area (Å²) in [7, 11) is 0. The zero-order chi connectivity index (χ0) is 12.8. The van der Waals surface area contributed by atoms with Gasteiger partial charge in [0.2, 0.25) is 0 Å². The Morgan fingerprint density at radius 1 is 1.44 bits per heavy atom. The Morgan fingerprint density at radius 3 is 2.78 bits per heavy atom. The highest BCUT2D eigenvalue weighted by Gasteiger charge is 2.33. The predicted molar refractivity (Wildman–Crippen MR) is 76.9 cm³/mol. The lowest BCUT2D eigenvalue weighted by atomic mass is 9.88. The molecule has 0 atom stereocenters. The van der Waals surface area contributed by atoms with Gasteiger partial charge in [-0.15, -0.1) is 11.3 Å². The average molecular weight is 268 g/mol. The molecule has 102 valence electrons. The van der Waals surface area contributed by atoms with Crippen LogP contribution in [0, 0.1) is 0 Å². The van der Waals surface area contributed by atoms with E-state index in [4.69, 9.17) is 0 Å². The van der Waals surface area contributed by atoms with Crippen molar-refractivity contribution in [1.82, 2.24) is 10.2 Å². The SMILES string of the molecule is CCCN1CCC(CO)(NCc2cccs2)CC1. The van der Waals surface area contributed by atoms with E-state index in [0.717, 1.165) is 32.5 Å². The van der Waals surface area contributed by atoms with Crippen LogP contribution >= 0.6 is 11.3 Å². The standard InChI is InChI=1S/C14H24N2OS/c1-2-7-16-8-5-14(12-17,6-9-16)15-11-13-4-3-10-18-13/h3-4,10,15,17H,2,5-9,11-12H2,1H3. The van der Waals surface area contributed by atoms with Crippen molar-refractivity contribution in [3.05, 3.63) is 22.4 Å². The molecule has 1 fully saturated rings. The van der Waals surface area contributed by atoms with Gasteiger partial charge in [0.05, 0.1) is 6.61 Å². The smallest absolute Gasteiger partial charge is 0.0614 e. The molecule has 0 unspecified atom stereocenters. The minimum absolute atomic E-state index is 0.0613. The Morgan fingerprint density at radius 2 is 2.22 bits per heavy atom. The molecule has 1 saturated heterocycles. The monoisotopic (exact) mass is 268 g/mol. The summed E-state index contributed by atoms with van der Waals surface area (Å²) in [6.45, 7) is 6.75. The zero-order valence-electron chi connectivity index (χ0n) is 11.2. The van der Waals surface area contributed by atoms with Crippen molar-refractivity contribution in [2.45, 2.75) is 38.3 Å². The molecule has 3 nitrogen and oxygen atoms in total. The molecule has 0 aromatic carbocycles. The minimum Gasteiger partial charge on any atom is -0.394 e. The van der Waals surface area contributed by atoms with Gasteiger partial charge < -0.3 is 15.3 Å². The van der Waals surface area contributed by atoms with Crippen LogP contribution in [0.1, 0.15) is 31.1 Å². The highest BCUT2D eigenvalue weighted by atomic mass is 32.1. The normalized spacial score (nSPS) is 20.1. The van der Waals surface area contributed by atoms with Crippen molar-refractivity contribution >= 4 is 11.3 Å². The van der Waals surface area contributed by atoms with Crippen LogP contribution in [-0.2, 0) is 6.54 Å². The third-order valence-electron chi connectivity index (χ3n) is 3.87. The fourth-order valence-electron chi connectivity index (χ4n) is 2.60. The minimum atomic E-state index is -0.0613. The molecule has 2 N–H and O–H groups in total. The molecule has 4 heteroatoms. The summed E-state index contributed by atoms with van der Waals surface area (Å²) in [4.78, 5) is 3.85. The van der Waals surface area contributed by atoms with E-state index in [-0.39, 0.29) is 12.1 Å². The second kappa shape index (κ2) is 6.66. The van der Waals surface area contributed by atoms with Crippen LogP contribution < -0.4 is 5.32 Å². The highest BCUT2D eigenvalue weighted by Crippen LogP contribution is 2.23. The van der Waals surface area contributed by atoms with E-state index >= 15 is 0 Å². The van der Waals surface area contributed by atoms with Crippen molar-refractivity contribution in [2.75, 3.05) is 26.2 Å². The van der Waals surface area contributed by atoms with E-state index < -0.39 is 0 Å². The number of aliphatic hydroxyl groups is 1. The second-order valence-corrected chi connectivity index (χ2v) is 6.25. The fraction of sp³-hybridized carbons (Fsp3) is 0.714. The topological polar surface area (TPSA) is 35.5 Å². The summed E-state index contributed by atoms with van der Waals surface area (Å²) in [5.41, 5.74) is -0.0613. The van der Waals surface area contributed by atoms with Crippen LogP contribution in [0.15, 0.2) is 17.5 Å². The van der Waals surface area contributed by atoms with Gasteiger partial charge in [-0.05, 0) is 50.3 Å². The van der Waals surface area contributed by atoms with Crippen molar-refractivity contribution < 1.29 is 5.11 Å². The Kier molecular flexibility index (Phi) is 5.18. The van der Waals surface area contributed by atoms with Gasteiger partial charge in [-0.3, -0.25) is 0 Å². The first-order valence-electron chi connectivity index (χ1n) is 6.88. The number of hydrogen-bond donors (Lipinski definition) is 2. The number of nitrogens with zero attached hydrogens (tertiary/aromatic N) is 1. The molecule has 18 heavy (non-hydrogen) atoms. The van der Waals surface area contributed by atoms with Gasteiger partial charge in [-0.25, -0.2) is 0 Å². The molecule has 2 heterocycles. The van der Waals surface area contributed by atoms with Crippen molar-refractivity contribution in [1.29, 1.82) is 0 Å². The number of likely N-dealkylation sites (tertiary alicyclic amines) is 1. The molecular formula is C14H24N2OS. The van der Waals surface area contributed by atoms with Crippen molar-refractivity contribution in [3.63, 3.8) is 0 Å².